The molecule has 6 nitrogen and oxygen atoms in total. The number of nitrogens with zero attached hydrogens (tertiary/aromatic N) is 2. The highest BCUT2D eigenvalue weighted by Crippen LogP contribution is 2.58. The Labute approximate surface area is 116 Å². The van der Waals surface area contributed by atoms with Crippen LogP contribution in [0.4, 0.5) is 5.69 Å². The number of nitrogens with one attached hydrogen (secondary N) is 2. The number of aromatic nitrogens is 3. The average Bonchev–Trinajstić information content (AvgIpc) is 2.79. The van der Waals surface area contributed by atoms with E-state index in [1.165, 1.54) is 0 Å². The number of fused-ring (bicyclic) bond motifs is 1. The molecule has 2 aliphatic rings. The lowest BCUT2D eigenvalue weighted by atomic mass is 9.50. The lowest BCUT2D eigenvalue weighted by molar-refractivity contribution is -0.132. The Morgan fingerprint density at radius 2 is 2.00 bits per heavy atom. The second-order valence-corrected chi connectivity index (χ2v) is 6.29. The zero-order valence-corrected chi connectivity index (χ0v) is 11.1. The third-order valence-electron chi connectivity index (χ3n) is 4.70. The van der Waals surface area contributed by atoms with Crippen LogP contribution in [-0.4, -0.2) is 27.4 Å². The summed E-state index contributed by atoms with van der Waals surface area (Å²) in [5.41, 5.74) is 8.56. The van der Waals surface area contributed by atoms with E-state index in [9.17, 15) is 4.79 Å². The maximum atomic E-state index is 12.2. The van der Waals surface area contributed by atoms with Gasteiger partial charge in [-0.3, -0.25) is 4.79 Å². The SMILES string of the molecule is NC1CC2(C1)CC(C(=O)Nc1ccc3n[nH]nc3c1)C2. The Morgan fingerprint density at radius 3 is 2.75 bits per heavy atom. The van der Waals surface area contributed by atoms with E-state index < -0.39 is 0 Å². The molecule has 0 bridgehead atoms. The minimum atomic E-state index is 0.110. The first kappa shape index (κ1) is 11.8. The van der Waals surface area contributed by atoms with Crippen LogP contribution in [0.5, 0.6) is 0 Å². The van der Waals surface area contributed by atoms with Gasteiger partial charge >= 0.3 is 0 Å². The topological polar surface area (TPSA) is 96.7 Å². The van der Waals surface area contributed by atoms with Gasteiger partial charge in [-0.15, -0.1) is 0 Å². The van der Waals surface area contributed by atoms with Crippen LogP contribution >= 0.6 is 0 Å². The minimum Gasteiger partial charge on any atom is -0.328 e. The molecular formula is C14H17N5O. The van der Waals surface area contributed by atoms with E-state index in [0.29, 0.717) is 11.5 Å². The maximum Gasteiger partial charge on any atom is 0.227 e. The van der Waals surface area contributed by atoms with Crippen molar-refractivity contribution in [1.82, 2.24) is 15.4 Å². The van der Waals surface area contributed by atoms with Gasteiger partial charge in [0.1, 0.15) is 11.0 Å². The highest BCUT2D eigenvalue weighted by Gasteiger charge is 2.53. The lowest BCUT2D eigenvalue weighted by Gasteiger charge is -2.56. The molecule has 0 radical (unpaired) electrons. The van der Waals surface area contributed by atoms with Crippen molar-refractivity contribution in [3.63, 3.8) is 0 Å². The molecular weight excluding hydrogens is 254 g/mol. The molecule has 1 spiro atoms. The van der Waals surface area contributed by atoms with Crippen LogP contribution in [0, 0.1) is 11.3 Å². The number of benzene rings is 1. The molecule has 2 fully saturated rings. The van der Waals surface area contributed by atoms with Crippen LogP contribution in [0.15, 0.2) is 18.2 Å². The summed E-state index contributed by atoms with van der Waals surface area (Å²) in [6.45, 7) is 0. The first-order valence-corrected chi connectivity index (χ1v) is 7.01. The molecule has 2 aromatic rings. The van der Waals surface area contributed by atoms with Gasteiger partial charge in [-0.05, 0) is 49.3 Å². The predicted octanol–water partition coefficient (Wildman–Crippen LogP) is 1.41. The van der Waals surface area contributed by atoms with E-state index in [2.05, 4.69) is 20.7 Å². The van der Waals surface area contributed by atoms with Crippen molar-refractivity contribution >= 4 is 22.6 Å². The van der Waals surface area contributed by atoms with Gasteiger partial charge in [-0.1, -0.05) is 0 Å². The second kappa shape index (κ2) is 4.02. The Balaban J connectivity index is 1.40. The van der Waals surface area contributed by atoms with Gasteiger partial charge in [-0.25, -0.2) is 0 Å². The van der Waals surface area contributed by atoms with Crippen molar-refractivity contribution in [2.24, 2.45) is 17.1 Å². The van der Waals surface area contributed by atoms with E-state index in [1.807, 2.05) is 18.2 Å². The van der Waals surface area contributed by atoms with Gasteiger partial charge in [-0.2, -0.15) is 15.4 Å². The highest BCUT2D eigenvalue weighted by molar-refractivity contribution is 5.95. The predicted molar refractivity (Wildman–Crippen MR) is 74.9 cm³/mol. The van der Waals surface area contributed by atoms with Crippen molar-refractivity contribution in [3.05, 3.63) is 18.2 Å². The summed E-state index contributed by atoms with van der Waals surface area (Å²) in [6, 6.07) is 5.90. The number of anilines is 1. The zero-order chi connectivity index (χ0) is 13.7. The molecule has 0 atom stereocenters. The number of hydrogen-bond donors (Lipinski definition) is 3. The summed E-state index contributed by atoms with van der Waals surface area (Å²) in [4.78, 5) is 12.2. The number of hydrogen-bond acceptors (Lipinski definition) is 4. The monoisotopic (exact) mass is 271 g/mol. The van der Waals surface area contributed by atoms with Crippen molar-refractivity contribution in [1.29, 1.82) is 0 Å². The smallest absolute Gasteiger partial charge is 0.227 e. The molecule has 6 heteroatoms. The molecule has 1 aromatic heterocycles. The van der Waals surface area contributed by atoms with E-state index in [-0.39, 0.29) is 11.8 Å². The molecule has 1 aromatic carbocycles. The lowest BCUT2D eigenvalue weighted by Crippen LogP contribution is -2.55. The van der Waals surface area contributed by atoms with E-state index in [0.717, 1.165) is 42.4 Å². The van der Waals surface area contributed by atoms with Crippen LogP contribution in [0.25, 0.3) is 11.0 Å². The van der Waals surface area contributed by atoms with Crippen LogP contribution in [0.3, 0.4) is 0 Å². The normalized spacial score (nSPS) is 31.9. The van der Waals surface area contributed by atoms with Gasteiger partial charge < -0.3 is 11.1 Å². The van der Waals surface area contributed by atoms with Gasteiger partial charge in [0.25, 0.3) is 0 Å². The zero-order valence-electron chi connectivity index (χ0n) is 11.1. The number of carbonyl (C=O) groups is 1. The van der Waals surface area contributed by atoms with Crippen LogP contribution in [0.1, 0.15) is 25.7 Å². The molecule has 0 saturated heterocycles. The van der Waals surface area contributed by atoms with Gasteiger partial charge in [0, 0.05) is 17.6 Å². The quantitative estimate of drug-likeness (QED) is 0.769. The Hall–Kier alpha value is -1.95. The number of nitrogens with two attached hydrogens (primary N) is 1. The van der Waals surface area contributed by atoms with Crippen molar-refractivity contribution < 1.29 is 4.79 Å². The number of aromatic amines is 1. The molecule has 20 heavy (non-hydrogen) atoms. The second-order valence-electron chi connectivity index (χ2n) is 6.29. The van der Waals surface area contributed by atoms with Crippen molar-refractivity contribution in [3.8, 4) is 0 Å². The van der Waals surface area contributed by atoms with Crippen molar-refractivity contribution in [2.75, 3.05) is 5.32 Å². The fraction of sp³-hybridized carbons (Fsp3) is 0.500. The van der Waals surface area contributed by atoms with Crippen molar-refractivity contribution in [2.45, 2.75) is 31.7 Å². The molecule has 1 amide bonds. The fourth-order valence-electron chi connectivity index (χ4n) is 3.72. The number of H-pyrrole nitrogens is 1. The average molecular weight is 271 g/mol. The van der Waals surface area contributed by atoms with Gasteiger partial charge in [0.05, 0.1) is 0 Å². The van der Waals surface area contributed by atoms with Crippen LogP contribution in [0.2, 0.25) is 0 Å². The summed E-state index contributed by atoms with van der Waals surface area (Å²) in [7, 11) is 0. The van der Waals surface area contributed by atoms with Gasteiger partial charge in [0.2, 0.25) is 5.91 Å². The third kappa shape index (κ3) is 1.79. The molecule has 104 valence electrons. The first-order valence-electron chi connectivity index (χ1n) is 7.01. The summed E-state index contributed by atoms with van der Waals surface area (Å²) in [5, 5.41) is 13.5. The molecule has 4 rings (SSSR count). The van der Waals surface area contributed by atoms with Crippen LogP contribution < -0.4 is 11.1 Å². The fourth-order valence-corrected chi connectivity index (χ4v) is 3.72. The highest BCUT2D eigenvalue weighted by atomic mass is 16.1. The molecule has 2 saturated carbocycles. The van der Waals surface area contributed by atoms with E-state index in [1.54, 1.807) is 0 Å². The van der Waals surface area contributed by atoms with Crippen LogP contribution in [-0.2, 0) is 4.79 Å². The number of carbonyl (C=O) groups excluding carboxylic acids is 1. The minimum absolute atomic E-state index is 0.110. The number of amides is 1. The summed E-state index contributed by atoms with van der Waals surface area (Å²) in [5.74, 6) is 0.245. The molecule has 2 aliphatic carbocycles. The molecule has 1 heterocycles. The molecule has 0 unspecified atom stereocenters. The third-order valence-corrected chi connectivity index (χ3v) is 4.70. The molecule has 0 aliphatic heterocycles. The Bertz CT molecular complexity index is 665. The summed E-state index contributed by atoms with van der Waals surface area (Å²) in [6.07, 6.45) is 4.14. The van der Waals surface area contributed by atoms with E-state index in [4.69, 9.17) is 5.73 Å². The Kier molecular flexibility index (Phi) is 2.38. The molecule has 4 N–H and O–H groups in total. The van der Waals surface area contributed by atoms with E-state index >= 15 is 0 Å². The van der Waals surface area contributed by atoms with Gasteiger partial charge in [0.15, 0.2) is 0 Å². The Morgan fingerprint density at radius 1 is 1.25 bits per heavy atom. The number of rotatable bonds is 2. The largest absolute Gasteiger partial charge is 0.328 e. The standard InChI is InChI=1S/C14H17N5O/c15-9-6-14(7-9)4-8(5-14)13(20)16-10-1-2-11-12(3-10)18-19-17-11/h1-3,8-9H,4-7,15H2,(H,16,20)(H,17,18,19). The summed E-state index contributed by atoms with van der Waals surface area (Å²) >= 11 is 0. The maximum absolute atomic E-state index is 12.2. The summed E-state index contributed by atoms with van der Waals surface area (Å²) < 4.78 is 0. The first-order chi connectivity index (χ1) is 9.63.